The number of hydrogen-bond donors (Lipinski definition) is 3. The van der Waals surface area contributed by atoms with E-state index < -0.39 is 0 Å². The van der Waals surface area contributed by atoms with Crippen LogP contribution in [0.5, 0.6) is 0 Å². The fourth-order valence-corrected chi connectivity index (χ4v) is 2.95. The Morgan fingerprint density at radius 3 is 3.11 bits per heavy atom. The van der Waals surface area contributed by atoms with Crippen LogP contribution < -0.4 is 16.4 Å². The van der Waals surface area contributed by atoms with Gasteiger partial charge in [-0.25, -0.2) is 4.98 Å². The summed E-state index contributed by atoms with van der Waals surface area (Å²) in [6.07, 6.45) is 7.67. The number of thiazole rings is 1. The van der Waals surface area contributed by atoms with Crippen LogP contribution in [-0.2, 0) is 0 Å². The summed E-state index contributed by atoms with van der Waals surface area (Å²) in [6, 6.07) is 0. The Kier molecular flexibility index (Phi) is 4.79. The lowest BCUT2D eigenvalue weighted by Crippen LogP contribution is -2.29. The molecule has 1 atom stereocenters. The third kappa shape index (κ3) is 3.70. The molecule has 0 spiro atoms. The molecule has 0 aromatic carbocycles. The first kappa shape index (κ1) is 13.9. The molecule has 0 radical (unpaired) electrons. The predicted octanol–water partition coefficient (Wildman–Crippen LogP) is 2.24. The van der Waals surface area contributed by atoms with E-state index in [1.807, 2.05) is 6.92 Å². The van der Waals surface area contributed by atoms with Gasteiger partial charge in [0.05, 0.1) is 0 Å². The normalized spacial score (nSPS) is 18.3. The molecule has 1 amide bonds. The molecule has 0 saturated carbocycles. The highest BCUT2D eigenvalue weighted by Crippen LogP contribution is 2.25. The number of nitrogens with two attached hydrogens (primary N) is 1. The SMILES string of the molecule is CCNc1nc(N)c(C(=O)NCC2CC=CCC2)s1. The van der Waals surface area contributed by atoms with Gasteiger partial charge in [0.2, 0.25) is 0 Å². The van der Waals surface area contributed by atoms with E-state index in [9.17, 15) is 4.79 Å². The van der Waals surface area contributed by atoms with Gasteiger partial charge in [-0.15, -0.1) is 0 Å². The molecule has 5 nitrogen and oxygen atoms in total. The molecule has 1 unspecified atom stereocenters. The lowest BCUT2D eigenvalue weighted by atomic mass is 9.94. The van der Waals surface area contributed by atoms with Crippen molar-refractivity contribution in [2.24, 2.45) is 5.92 Å². The number of anilines is 2. The molecule has 1 aliphatic rings. The van der Waals surface area contributed by atoms with Crippen molar-refractivity contribution in [1.82, 2.24) is 10.3 Å². The molecule has 19 heavy (non-hydrogen) atoms. The second-order valence-corrected chi connectivity index (χ2v) is 5.62. The van der Waals surface area contributed by atoms with E-state index in [1.54, 1.807) is 0 Å². The highest BCUT2D eigenvalue weighted by atomic mass is 32.1. The van der Waals surface area contributed by atoms with Crippen LogP contribution in [0.3, 0.4) is 0 Å². The van der Waals surface area contributed by atoms with Gasteiger partial charge >= 0.3 is 0 Å². The zero-order valence-electron chi connectivity index (χ0n) is 11.1. The van der Waals surface area contributed by atoms with Crippen LogP contribution >= 0.6 is 11.3 Å². The molecule has 0 aliphatic heterocycles. The van der Waals surface area contributed by atoms with Crippen molar-refractivity contribution in [3.05, 3.63) is 17.0 Å². The number of allylic oxidation sites excluding steroid dienone is 2. The highest BCUT2D eigenvalue weighted by Gasteiger charge is 2.17. The van der Waals surface area contributed by atoms with E-state index in [0.717, 1.165) is 25.8 Å². The third-order valence-corrected chi connectivity index (χ3v) is 4.14. The first-order chi connectivity index (χ1) is 9.20. The summed E-state index contributed by atoms with van der Waals surface area (Å²) in [4.78, 5) is 16.7. The molecule has 1 heterocycles. The minimum Gasteiger partial charge on any atom is -0.382 e. The van der Waals surface area contributed by atoms with Crippen molar-refractivity contribution in [2.75, 3.05) is 24.1 Å². The molecule has 0 saturated heterocycles. The number of carbonyl (C=O) groups is 1. The summed E-state index contributed by atoms with van der Waals surface area (Å²) in [7, 11) is 0. The number of aromatic nitrogens is 1. The maximum atomic E-state index is 12.1. The van der Waals surface area contributed by atoms with Gasteiger partial charge in [0, 0.05) is 13.1 Å². The lowest BCUT2D eigenvalue weighted by Gasteiger charge is -2.17. The van der Waals surface area contributed by atoms with E-state index in [4.69, 9.17) is 5.73 Å². The summed E-state index contributed by atoms with van der Waals surface area (Å²) >= 11 is 1.31. The fourth-order valence-electron chi connectivity index (χ4n) is 2.08. The highest BCUT2D eigenvalue weighted by molar-refractivity contribution is 7.18. The van der Waals surface area contributed by atoms with Gasteiger partial charge in [-0.2, -0.15) is 0 Å². The van der Waals surface area contributed by atoms with Crippen LogP contribution in [0.4, 0.5) is 10.9 Å². The molecule has 104 valence electrons. The second kappa shape index (κ2) is 6.56. The number of nitrogen functional groups attached to an aromatic ring is 1. The maximum absolute atomic E-state index is 12.1. The van der Waals surface area contributed by atoms with Crippen molar-refractivity contribution in [1.29, 1.82) is 0 Å². The van der Waals surface area contributed by atoms with E-state index in [0.29, 0.717) is 28.3 Å². The Morgan fingerprint density at radius 2 is 2.42 bits per heavy atom. The second-order valence-electron chi connectivity index (χ2n) is 4.62. The average molecular weight is 280 g/mol. The van der Waals surface area contributed by atoms with Gasteiger partial charge in [-0.3, -0.25) is 4.79 Å². The topological polar surface area (TPSA) is 80.0 Å². The van der Waals surface area contributed by atoms with Gasteiger partial charge in [0.25, 0.3) is 5.91 Å². The zero-order chi connectivity index (χ0) is 13.7. The van der Waals surface area contributed by atoms with Crippen molar-refractivity contribution < 1.29 is 4.79 Å². The van der Waals surface area contributed by atoms with Gasteiger partial charge < -0.3 is 16.4 Å². The summed E-state index contributed by atoms with van der Waals surface area (Å²) in [6.45, 7) is 3.45. The number of nitrogens with one attached hydrogen (secondary N) is 2. The first-order valence-electron chi connectivity index (χ1n) is 6.64. The van der Waals surface area contributed by atoms with Gasteiger partial charge in [0.1, 0.15) is 10.7 Å². The molecule has 1 aliphatic carbocycles. The van der Waals surface area contributed by atoms with Gasteiger partial charge in [0.15, 0.2) is 5.13 Å². The van der Waals surface area contributed by atoms with E-state index in [2.05, 4.69) is 27.8 Å². The Balaban J connectivity index is 1.90. The summed E-state index contributed by atoms with van der Waals surface area (Å²) in [5.41, 5.74) is 5.77. The van der Waals surface area contributed by atoms with Crippen molar-refractivity contribution >= 4 is 28.2 Å². The Labute approximate surface area is 117 Å². The molecule has 6 heteroatoms. The summed E-state index contributed by atoms with van der Waals surface area (Å²) < 4.78 is 0. The molecule has 2 rings (SSSR count). The fraction of sp³-hybridized carbons (Fsp3) is 0.538. The Morgan fingerprint density at radius 1 is 1.58 bits per heavy atom. The quantitative estimate of drug-likeness (QED) is 0.723. The van der Waals surface area contributed by atoms with Crippen LogP contribution in [0, 0.1) is 5.92 Å². The van der Waals surface area contributed by atoms with Gasteiger partial charge in [-0.05, 0) is 32.1 Å². The van der Waals surface area contributed by atoms with Crippen molar-refractivity contribution in [3.63, 3.8) is 0 Å². The first-order valence-corrected chi connectivity index (χ1v) is 7.45. The lowest BCUT2D eigenvalue weighted by molar-refractivity contribution is 0.0951. The number of amides is 1. The molecular weight excluding hydrogens is 260 g/mol. The zero-order valence-corrected chi connectivity index (χ0v) is 11.9. The monoisotopic (exact) mass is 280 g/mol. The van der Waals surface area contributed by atoms with E-state index in [1.165, 1.54) is 11.3 Å². The van der Waals surface area contributed by atoms with Gasteiger partial charge in [-0.1, -0.05) is 23.5 Å². The van der Waals surface area contributed by atoms with Crippen LogP contribution in [0.1, 0.15) is 35.9 Å². The molecule has 0 bridgehead atoms. The third-order valence-electron chi connectivity index (χ3n) is 3.12. The van der Waals surface area contributed by atoms with Crippen LogP contribution in [-0.4, -0.2) is 24.0 Å². The number of rotatable bonds is 5. The summed E-state index contributed by atoms with van der Waals surface area (Å²) in [5, 5.41) is 6.72. The van der Waals surface area contributed by atoms with Crippen molar-refractivity contribution in [2.45, 2.75) is 26.2 Å². The Hall–Kier alpha value is -1.56. The maximum Gasteiger partial charge on any atom is 0.265 e. The largest absolute Gasteiger partial charge is 0.382 e. The predicted molar refractivity (Wildman–Crippen MR) is 79.5 cm³/mol. The minimum absolute atomic E-state index is 0.117. The van der Waals surface area contributed by atoms with E-state index >= 15 is 0 Å². The molecule has 1 aromatic heterocycles. The Bertz CT molecular complexity index is 469. The average Bonchev–Trinajstić information content (AvgIpc) is 2.79. The number of hydrogen-bond acceptors (Lipinski definition) is 5. The number of carbonyl (C=O) groups excluding carboxylic acids is 1. The molecular formula is C13H20N4OS. The van der Waals surface area contributed by atoms with Crippen LogP contribution in [0.15, 0.2) is 12.2 Å². The smallest absolute Gasteiger partial charge is 0.265 e. The van der Waals surface area contributed by atoms with E-state index in [-0.39, 0.29) is 5.91 Å². The standard InChI is InChI=1S/C13H20N4OS/c1-2-15-13-17-11(14)10(19-13)12(18)16-8-9-6-4-3-5-7-9/h3-4,9H,2,5-8,14H2,1H3,(H,15,17)(H,16,18). The summed E-state index contributed by atoms with van der Waals surface area (Å²) in [5.74, 6) is 0.729. The number of nitrogens with zero attached hydrogens (tertiary/aromatic N) is 1. The van der Waals surface area contributed by atoms with Crippen LogP contribution in [0.25, 0.3) is 0 Å². The molecule has 1 aromatic rings. The molecule has 0 fully saturated rings. The molecule has 4 N–H and O–H groups in total. The van der Waals surface area contributed by atoms with Crippen molar-refractivity contribution in [3.8, 4) is 0 Å². The minimum atomic E-state index is -0.117. The van der Waals surface area contributed by atoms with Crippen LogP contribution in [0.2, 0.25) is 0 Å².